The molecule has 1 aromatic carbocycles. The zero-order valence-electron chi connectivity index (χ0n) is 8.72. The molecule has 1 atom stereocenters. The number of aromatic nitrogens is 2. The van der Waals surface area contributed by atoms with E-state index in [-0.39, 0.29) is 0 Å². The maximum absolute atomic E-state index is 10.1. The molecule has 2 aromatic rings. The minimum atomic E-state index is -0.529. The molecule has 0 aliphatic carbocycles. The molecule has 0 saturated heterocycles. The summed E-state index contributed by atoms with van der Waals surface area (Å²) in [5.74, 6) is 0. The van der Waals surface area contributed by atoms with E-state index in [1.165, 1.54) is 11.5 Å². The van der Waals surface area contributed by atoms with Crippen molar-refractivity contribution in [3.63, 3.8) is 0 Å². The topological polar surface area (TPSA) is 46.0 Å². The largest absolute Gasteiger partial charge is 0.387 e. The Morgan fingerprint density at radius 2 is 2.19 bits per heavy atom. The van der Waals surface area contributed by atoms with Crippen molar-refractivity contribution in [2.75, 3.05) is 0 Å². The van der Waals surface area contributed by atoms with Crippen LogP contribution >= 0.6 is 27.5 Å². The minimum Gasteiger partial charge on any atom is -0.387 e. The van der Waals surface area contributed by atoms with Crippen LogP contribution in [0.2, 0.25) is 0 Å². The second kappa shape index (κ2) is 5.03. The molecule has 3 nitrogen and oxygen atoms in total. The zero-order valence-corrected chi connectivity index (χ0v) is 11.1. The Labute approximate surface area is 106 Å². The first-order valence-corrected chi connectivity index (χ1v) is 6.45. The number of benzene rings is 1. The van der Waals surface area contributed by atoms with Gasteiger partial charge >= 0.3 is 0 Å². The first-order valence-electron chi connectivity index (χ1n) is 4.89. The smallest absolute Gasteiger partial charge is 0.0957 e. The van der Waals surface area contributed by atoms with Gasteiger partial charge in [0.25, 0.3) is 0 Å². The van der Waals surface area contributed by atoms with Crippen LogP contribution in [0.25, 0.3) is 0 Å². The lowest BCUT2D eigenvalue weighted by molar-refractivity contribution is 0.181. The second-order valence-electron chi connectivity index (χ2n) is 3.53. The maximum Gasteiger partial charge on any atom is 0.0957 e. The van der Waals surface area contributed by atoms with Crippen LogP contribution in [0.5, 0.6) is 0 Å². The monoisotopic (exact) mass is 298 g/mol. The van der Waals surface area contributed by atoms with E-state index in [1.54, 1.807) is 0 Å². The Morgan fingerprint density at radius 3 is 2.81 bits per heavy atom. The summed E-state index contributed by atoms with van der Waals surface area (Å²) in [4.78, 5) is 0.843. The molecule has 0 amide bonds. The van der Waals surface area contributed by atoms with Gasteiger partial charge in [0.1, 0.15) is 0 Å². The third kappa shape index (κ3) is 2.48. The van der Waals surface area contributed by atoms with Gasteiger partial charge in [-0.05, 0) is 30.1 Å². The van der Waals surface area contributed by atoms with Crippen LogP contribution in [-0.2, 0) is 6.42 Å². The van der Waals surface area contributed by atoms with E-state index in [0.717, 1.165) is 20.6 Å². The Balaban J connectivity index is 2.17. The van der Waals surface area contributed by atoms with Crippen molar-refractivity contribution in [1.29, 1.82) is 0 Å². The summed E-state index contributed by atoms with van der Waals surface area (Å²) in [6.45, 7) is 1.86. The van der Waals surface area contributed by atoms with Crippen LogP contribution < -0.4 is 0 Å². The number of aliphatic hydroxyl groups is 1. The van der Waals surface area contributed by atoms with Crippen molar-refractivity contribution in [2.24, 2.45) is 0 Å². The summed E-state index contributed by atoms with van der Waals surface area (Å²) < 4.78 is 4.84. The van der Waals surface area contributed by atoms with Crippen molar-refractivity contribution in [3.05, 3.63) is 44.9 Å². The normalized spacial score (nSPS) is 12.7. The van der Waals surface area contributed by atoms with E-state index in [0.29, 0.717) is 6.42 Å². The van der Waals surface area contributed by atoms with Crippen LogP contribution in [0, 0.1) is 6.92 Å². The molecule has 16 heavy (non-hydrogen) atoms. The predicted octanol–water partition coefficient (Wildman–Crippen LogP) is 2.89. The second-order valence-corrected chi connectivity index (χ2v) is 5.17. The van der Waals surface area contributed by atoms with Crippen molar-refractivity contribution in [2.45, 2.75) is 19.4 Å². The Kier molecular flexibility index (Phi) is 3.68. The van der Waals surface area contributed by atoms with Gasteiger partial charge in [0.05, 0.1) is 16.7 Å². The van der Waals surface area contributed by atoms with E-state index in [2.05, 4.69) is 25.5 Å². The molecule has 84 valence electrons. The Hall–Kier alpha value is -0.780. The summed E-state index contributed by atoms with van der Waals surface area (Å²) in [5.41, 5.74) is 1.90. The first kappa shape index (κ1) is 11.7. The minimum absolute atomic E-state index is 0.529. The van der Waals surface area contributed by atoms with Gasteiger partial charge in [-0.1, -0.05) is 38.6 Å². The summed E-state index contributed by atoms with van der Waals surface area (Å²) >= 11 is 4.72. The number of rotatable bonds is 3. The SMILES string of the molecule is Cc1nnsc1C(O)Cc1ccccc1Br. The number of nitrogens with zero attached hydrogens (tertiary/aromatic N) is 2. The van der Waals surface area contributed by atoms with E-state index < -0.39 is 6.10 Å². The lowest BCUT2D eigenvalue weighted by Crippen LogP contribution is -2.02. The predicted molar refractivity (Wildman–Crippen MR) is 67.5 cm³/mol. The average Bonchev–Trinajstić information content (AvgIpc) is 2.68. The van der Waals surface area contributed by atoms with Crippen LogP contribution in [0.3, 0.4) is 0 Å². The first-order chi connectivity index (χ1) is 7.68. The molecule has 0 spiro atoms. The highest BCUT2D eigenvalue weighted by atomic mass is 79.9. The molecule has 1 heterocycles. The van der Waals surface area contributed by atoms with E-state index in [1.807, 2.05) is 31.2 Å². The van der Waals surface area contributed by atoms with Crippen molar-refractivity contribution < 1.29 is 5.11 Å². The number of halogens is 1. The lowest BCUT2D eigenvalue weighted by atomic mass is 10.1. The summed E-state index contributed by atoms with van der Waals surface area (Å²) in [5, 5.41) is 14.0. The van der Waals surface area contributed by atoms with Crippen LogP contribution in [-0.4, -0.2) is 14.7 Å². The summed E-state index contributed by atoms with van der Waals surface area (Å²) in [6.07, 6.45) is 0.0466. The fourth-order valence-corrected chi connectivity index (χ4v) is 2.58. The van der Waals surface area contributed by atoms with Gasteiger partial charge in [0.15, 0.2) is 0 Å². The molecular formula is C11H11BrN2OS. The molecule has 2 rings (SSSR count). The zero-order chi connectivity index (χ0) is 11.5. The molecular weight excluding hydrogens is 288 g/mol. The number of hydrogen-bond donors (Lipinski definition) is 1. The fraction of sp³-hybridized carbons (Fsp3) is 0.273. The van der Waals surface area contributed by atoms with Gasteiger partial charge in [-0.3, -0.25) is 0 Å². The van der Waals surface area contributed by atoms with Gasteiger partial charge in [-0.2, -0.15) is 0 Å². The molecule has 0 fully saturated rings. The third-order valence-electron chi connectivity index (χ3n) is 2.36. The van der Waals surface area contributed by atoms with Crippen molar-refractivity contribution in [3.8, 4) is 0 Å². The Morgan fingerprint density at radius 1 is 1.44 bits per heavy atom. The van der Waals surface area contributed by atoms with Gasteiger partial charge in [0.2, 0.25) is 0 Å². The van der Waals surface area contributed by atoms with E-state index >= 15 is 0 Å². The lowest BCUT2D eigenvalue weighted by Gasteiger charge is -2.09. The van der Waals surface area contributed by atoms with Gasteiger partial charge in [0, 0.05) is 10.9 Å². The highest BCUT2D eigenvalue weighted by Crippen LogP contribution is 2.26. The molecule has 0 bridgehead atoms. The molecule has 1 unspecified atom stereocenters. The molecule has 0 saturated carbocycles. The van der Waals surface area contributed by atoms with Crippen LogP contribution in [0.4, 0.5) is 0 Å². The standard InChI is InChI=1S/C11H11BrN2OS/c1-7-11(16-14-13-7)10(15)6-8-4-2-3-5-9(8)12/h2-5,10,15H,6H2,1H3. The maximum atomic E-state index is 10.1. The highest BCUT2D eigenvalue weighted by Gasteiger charge is 2.15. The van der Waals surface area contributed by atoms with Crippen LogP contribution in [0.1, 0.15) is 22.2 Å². The van der Waals surface area contributed by atoms with Crippen molar-refractivity contribution in [1.82, 2.24) is 9.59 Å². The number of hydrogen-bond acceptors (Lipinski definition) is 4. The molecule has 1 N–H and O–H groups in total. The number of aryl methyl sites for hydroxylation is 1. The Bertz CT molecular complexity index is 486. The summed E-state index contributed by atoms with van der Waals surface area (Å²) in [6, 6.07) is 7.89. The molecule has 5 heteroatoms. The fourth-order valence-electron chi connectivity index (χ4n) is 1.51. The van der Waals surface area contributed by atoms with E-state index in [9.17, 15) is 5.11 Å². The molecule has 1 aromatic heterocycles. The van der Waals surface area contributed by atoms with Crippen molar-refractivity contribution >= 4 is 27.5 Å². The van der Waals surface area contributed by atoms with Gasteiger partial charge in [-0.15, -0.1) is 5.10 Å². The molecule has 0 aliphatic rings. The van der Waals surface area contributed by atoms with Crippen LogP contribution in [0.15, 0.2) is 28.7 Å². The highest BCUT2D eigenvalue weighted by molar-refractivity contribution is 9.10. The van der Waals surface area contributed by atoms with Gasteiger partial charge in [-0.25, -0.2) is 0 Å². The average molecular weight is 299 g/mol. The van der Waals surface area contributed by atoms with Gasteiger partial charge < -0.3 is 5.11 Å². The van der Waals surface area contributed by atoms with E-state index in [4.69, 9.17) is 0 Å². The molecule has 0 aliphatic heterocycles. The summed E-state index contributed by atoms with van der Waals surface area (Å²) in [7, 11) is 0. The molecule has 0 radical (unpaired) electrons. The third-order valence-corrected chi connectivity index (χ3v) is 4.06. The number of aliphatic hydroxyl groups excluding tert-OH is 1. The quantitative estimate of drug-likeness (QED) is 0.948.